The van der Waals surface area contributed by atoms with Crippen LogP contribution >= 0.6 is 15.9 Å². The number of Topliss-reactive ketones (excluding diaryl/α,β-unsaturated/α-hetero) is 1. The minimum atomic E-state index is 0.110. The molecule has 0 aliphatic heterocycles. The molecule has 0 aliphatic carbocycles. The summed E-state index contributed by atoms with van der Waals surface area (Å²) in [5.74, 6) is 0.110. The summed E-state index contributed by atoms with van der Waals surface area (Å²) in [6.07, 6.45) is 0. The van der Waals surface area contributed by atoms with E-state index < -0.39 is 0 Å². The Balaban J connectivity index is 3.31. The molecule has 0 atom stereocenters. The standard InChI is InChI=1S/C10H11BrO/c1-6-4-9(8(3)12)5-10(11)7(6)2/h4-5H,1-3H3. The highest BCUT2D eigenvalue weighted by Crippen LogP contribution is 2.21. The second-order valence-electron chi connectivity index (χ2n) is 2.96. The van der Waals surface area contributed by atoms with Crippen LogP contribution in [-0.2, 0) is 0 Å². The fourth-order valence-corrected chi connectivity index (χ4v) is 1.58. The molecular weight excluding hydrogens is 216 g/mol. The first-order valence-corrected chi connectivity index (χ1v) is 4.59. The lowest BCUT2D eigenvalue weighted by Gasteiger charge is -2.04. The van der Waals surface area contributed by atoms with Crippen LogP contribution in [0.25, 0.3) is 0 Å². The molecule has 0 aromatic heterocycles. The summed E-state index contributed by atoms with van der Waals surface area (Å²) < 4.78 is 1.01. The molecule has 0 amide bonds. The van der Waals surface area contributed by atoms with Gasteiger partial charge < -0.3 is 0 Å². The van der Waals surface area contributed by atoms with Crippen LogP contribution in [0.3, 0.4) is 0 Å². The maximum absolute atomic E-state index is 11.0. The van der Waals surface area contributed by atoms with Gasteiger partial charge in [0.05, 0.1) is 0 Å². The van der Waals surface area contributed by atoms with Crippen LogP contribution in [0.2, 0.25) is 0 Å². The number of carbonyl (C=O) groups is 1. The highest BCUT2D eigenvalue weighted by molar-refractivity contribution is 9.10. The summed E-state index contributed by atoms with van der Waals surface area (Å²) in [5.41, 5.74) is 3.11. The fraction of sp³-hybridized carbons (Fsp3) is 0.300. The van der Waals surface area contributed by atoms with E-state index in [0.717, 1.165) is 15.6 Å². The molecule has 0 N–H and O–H groups in total. The Bertz CT molecular complexity index is 306. The lowest BCUT2D eigenvalue weighted by molar-refractivity contribution is 0.101. The van der Waals surface area contributed by atoms with Gasteiger partial charge in [-0.2, -0.15) is 0 Å². The van der Waals surface area contributed by atoms with E-state index in [2.05, 4.69) is 15.9 Å². The van der Waals surface area contributed by atoms with Crippen molar-refractivity contribution in [3.8, 4) is 0 Å². The largest absolute Gasteiger partial charge is 0.295 e. The molecule has 2 heteroatoms. The Morgan fingerprint density at radius 1 is 1.33 bits per heavy atom. The van der Waals surface area contributed by atoms with Crippen LogP contribution in [0.15, 0.2) is 16.6 Å². The maximum Gasteiger partial charge on any atom is 0.159 e. The topological polar surface area (TPSA) is 17.1 Å². The molecule has 0 unspecified atom stereocenters. The van der Waals surface area contributed by atoms with E-state index in [1.54, 1.807) is 6.92 Å². The number of carbonyl (C=O) groups excluding carboxylic acids is 1. The molecule has 1 aromatic rings. The average Bonchev–Trinajstić information content (AvgIpc) is 1.99. The Morgan fingerprint density at radius 2 is 1.92 bits per heavy atom. The first kappa shape index (κ1) is 9.46. The highest BCUT2D eigenvalue weighted by Gasteiger charge is 2.04. The molecule has 1 aromatic carbocycles. The number of benzene rings is 1. The second-order valence-corrected chi connectivity index (χ2v) is 3.81. The first-order chi connectivity index (χ1) is 5.52. The van der Waals surface area contributed by atoms with Crippen molar-refractivity contribution in [3.63, 3.8) is 0 Å². The van der Waals surface area contributed by atoms with Crippen molar-refractivity contribution in [3.05, 3.63) is 33.3 Å². The number of ketones is 1. The predicted molar refractivity (Wildman–Crippen MR) is 53.6 cm³/mol. The van der Waals surface area contributed by atoms with Gasteiger partial charge in [0, 0.05) is 10.0 Å². The van der Waals surface area contributed by atoms with Gasteiger partial charge in [0.25, 0.3) is 0 Å². The van der Waals surface area contributed by atoms with E-state index in [1.165, 1.54) is 5.56 Å². The molecule has 0 bridgehead atoms. The second kappa shape index (κ2) is 3.40. The average molecular weight is 227 g/mol. The summed E-state index contributed by atoms with van der Waals surface area (Å²) in [4.78, 5) is 11.0. The van der Waals surface area contributed by atoms with Crippen LogP contribution in [0.4, 0.5) is 0 Å². The normalized spacial score (nSPS) is 10.0. The van der Waals surface area contributed by atoms with E-state index in [1.807, 2.05) is 26.0 Å². The minimum absolute atomic E-state index is 0.110. The zero-order valence-electron chi connectivity index (χ0n) is 7.44. The molecule has 1 rings (SSSR count). The van der Waals surface area contributed by atoms with Crippen LogP contribution in [-0.4, -0.2) is 5.78 Å². The van der Waals surface area contributed by atoms with Crippen molar-refractivity contribution in [2.75, 3.05) is 0 Å². The van der Waals surface area contributed by atoms with Crippen LogP contribution in [0.1, 0.15) is 28.4 Å². The van der Waals surface area contributed by atoms with Crippen LogP contribution in [0, 0.1) is 13.8 Å². The third-order valence-electron chi connectivity index (χ3n) is 2.01. The van der Waals surface area contributed by atoms with Gasteiger partial charge in [-0.25, -0.2) is 0 Å². The van der Waals surface area contributed by atoms with E-state index in [4.69, 9.17) is 0 Å². The van der Waals surface area contributed by atoms with E-state index >= 15 is 0 Å². The Hall–Kier alpha value is -0.630. The van der Waals surface area contributed by atoms with Crippen molar-refractivity contribution >= 4 is 21.7 Å². The fourth-order valence-electron chi connectivity index (χ4n) is 1.02. The van der Waals surface area contributed by atoms with Gasteiger partial charge in [-0.05, 0) is 44.0 Å². The summed E-state index contributed by atoms with van der Waals surface area (Å²) in [5, 5.41) is 0. The molecule has 0 saturated carbocycles. The highest BCUT2D eigenvalue weighted by atomic mass is 79.9. The number of rotatable bonds is 1. The van der Waals surface area contributed by atoms with E-state index in [9.17, 15) is 4.79 Å². The van der Waals surface area contributed by atoms with Crippen molar-refractivity contribution in [2.24, 2.45) is 0 Å². The molecule has 0 spiro atoms. The summed E-state index contributed by atoms with van der Waals surface area (Å²) in [7, 11) is 0. The third-order valence-corrected chi connectivity index (χ3v) is 2.83. The van der Waals surface area contributed by atoms with Crippen molar-refractivity contribution in [2.45, 2.75) is 20.8 Å². The van der Waals surface area contributed by atoms with Gasteiger partial charge >= 0.3 is 0 Å². The van der Waals surface area contributed by atoms with Crippen molar-refractivity contribution < 1.29 is 4.79 Å². The zero-order chi connectivity index (χ0) is 9.30. The SMILES string of the molecule is CC(=O)c1cc(C)c(C)c(Br)c1. The zero-order valence-corrected chi connectivity index (χ0v) is 9.03. The van der Waals surface area contributed by atoms with Crippen LogP contribution < -0.4 is 0 Å². The monoisotopic (exact) mass is 226 g/mol. The molecule has 0 saturated heterocycles. The predicted octanol–water partition coefficient (Wildman–Crippen LogP) is 3.27. The molecule has 0 fully saturated rings. The van der Waals surface area contributed by atoms with Gasteiger partial charge in [-0.3, -0.25) is 4.79 Å². The number of hydrogen-bond acceptors (Lipinski definition) is 1. The molecule has 0 heterocycles. The van der Waals surface area contributed by atoms with Gasteiger partial charge in [0.1, 0.15) is 0 Å². The van der Waals surface area contributed by atoms with E-state index in [0.29, 0.717) is 0 Å². The van der Waals surface area contributed by atoms with Crippen molar-refractivity contribution in [1.29, 1.82) is 0 Å². The quantitative estimate of drug-likeness (QED) is 0.673. The smallest absolute Gasteiger partial charge is 0.159 e. The first-order valence-electron chi connectivity index (χ1n) is 3.80. The molecule has 12 heavy (non-hydrogen) atoms. The maximum atomic E-state index is 11.0. The lowest BCUT2D eigenvalue weighted by atomic mass is 10.0. The van der Waals surface area contributed by atoms with E-state index in [-0.39, 0.29) is 5.78 Å². The van der Waals surface area contributed by atoms with Crippen LogP contribution in [0.5, 0.6) is 0 Å². The molecule has 0 radical (unpaired) electrons. The molecule has 64 valence electrons. The Morgan fingerprint density at radius 3 is 2.33 bits per heavy atom. The number of hydrogen-bond donors (Lipinski definition) is 0. The summed E-state index contributed by atoms with van der Waals surface area (Å²) in [6, 6.07) is 3.78. The van der Waals surface area contributed by atoms with Crippen molar-refractivity contribution in [1.82, 2.24) is 0 Å². The number of halogens is 1. The van der Waals surface area contributed by atoms with Gasteiger partial charge in [-0.1, -0.05) is 15.9 Å². The third kappa shape index (κ3) is 1.75. The van der Waals surface area contributed by atoms with Gasteiger partial charge in [0.15, 0.2) is 5.78 Å². The lowest BCUT2D eigenvalue weighted by Crippen LogP contribution is -1.94. The molecule has 1 nitrogen and oxygen atoms in total. The number of aryl methyl sites for hydroxylation is 1. The summed E-state index contributed by atoms with van der Waals surface area (Å²) in [6.45, 7) is 5.62. The molecule has 0 aliphatic rings. The Labute approximate surface area is 80.9 Å². The van der Waals surface area contributed by atoms with Gasteiger partial charge in [-0.15, -0.1) is 0 Å². The molecular formula is C10H11BrO. The Kier molecular flexibility index (Phi) is 2.68. The van der Waals surface area contributed by atoms with Gasteiger partial charge in [0.2, 0.25) is 0 Å². The summed E-state index contributed by atoms with van der Waals surface area (Å²) >= 11 is 3.41. The minimum Gasteiger partial charge on any atom is -0.295 e.